The van der Waals surface area contributed by atoms with E-state index in [2.05, 4.69) is 4.98 Å². The third-order valence-electron chi connectivity index (χ3n) is 3.20. The summed E-state index contributed by atoms with van der Waals surface area (Å²) in [5.74, 6) is -0.622. The first kappa shape index (κ1) is 13.1. The van der Waals surface area contributed by atoms with Gasteiger partial charge >= 0.3 is 5.97 Å². The Morgan fingerprint density at radius 1 is 1.05 bits per heavy atom. The molecule has 0 bridgehead atoms. The Balaban J connectivity index is 2.02. The second-order valence-corrected chi connectivity index (χ2v) is 4.58. The van der Waals surface area contributed by atoms with Crippen LogP contribution in [0.25, 0.3) is 10.8 Å². The van der Waals surface area contributed by atoms with Crippen molar-refractivity contribution in [1.82, 2.24) is 4.98 Å². The molecule has 1 aromatic heterocycles. The van der Waals surface area contributed by atoms with E-state index >= 15 is 0 Å². The molecular weight excluding hydrogens is 266 g/mol. The molecule has 0 saturated carbocycles. The number of carboxylic acids is 1. The fraction of sp³-hybridized carbons (Fsp3) is 0.0588. The van der Waals surface area contributed by atoms with E-state index in [1.165, 1.54) is 0 Å². The SMILES string of the molecule is O=C(O)c1ccc2ccccc2c1OCc1ccccn1. The first-order chi connectivity index (χ1) is 10.3. The molecule has 0 fully saturated rings. The number of fused-ring (bicyclic) bond motifs is 1. The average molecular weight is 279 g/mol. The van der Waals surface area contributed by atoms with E-state index in [9.17, 15) is 9.90 Å². The highest BCUT2D eigenvalue weighted by Crippen LogP contribution is 2.30. The highest BCUT2D eigenvalue weighted by molar-refractivity contribution is 6.00. The maximum Gasteiger partial charge on any atom is 0.339 e. The lowest BCUT2D eigenvalue weighted by atomic mass is 10.1. The van der Waals surface area contributed by atoms with Gasteiger partial charge in [0.15, 0.2) is 0 Å². The van der Waals surface area contributed by atoms with Gasteiger partial charge in [0.1, 0.15) is 17.9 Å². The van der Waals surface area contributed by atoms with Crippen LogP contribution in [-0.4, -0.2) is 16.1 Å². The Kier molecular flexibility index (Phi) is 3.51. The summed E-state index contributed by atoms with van der Waals surface area (Å²) >= 11 is 0. The normalized spacial score (nSPS) is 10.5. The molecule has 0 unspecified atom stereocenters. The smallest absolute Gasteiger partial charge is 0.339 e. The summed E-state index contributed by atoms with van der Waals surface area (Å²) in [6.45, 7) is 0.231. The van der Waals surface area contributed by atoms with Gasteiger partial charge in [-0.2, -0.15) is 0 Å². The van der Waals surface area contributed by atoms with E-state index in [0.29, 0.717) is 5.75 Å². The molecule has 4 heteroatoms. The third-order valence-corrected chi connectivity index (χ3v) is 3.20. The molecule has 3 rings (SSSR count). The van der Waals surface area contributed by atoms with Crippen molar-refractivity contribution in [1.29, 1.82) is 0 Å². The van der Waals surface area contributed by atoms with Crippen molar-refractivity contribution in [3.05, 3.63) is 72.1 Å². The molecule has 0 atom stereocenters. The van der Waals surface area contributed by atoms with Crippen LogP contribution < -0.4 is 4.74 Å². The zero-order valence-electron chi connectivity index (χ0n) is 11.2. The van der Waals surface area contributed by atoms with Crippen LogP contribution in [0.15, 0.2) is 60.8 Å². The minimum atomic E-state index is -1.00. The summed E-state index contributed by atoms with van der Waals surface area (Å²) in [6, 6.07) is 16.4. The zero-order chi connectivity index (χ0) is 14.7. The molecule has 21 heavy (non-hydrogen) atoms. The highest BCUT2D eigenvalue weighted by Gasteiger charge is 2.15. The summed E-state index contributed by atoms with van der Waals surface area (Å²) in [7, 11) is 0. The van der Waals surface area contributed by atoms with Gasteiger partial charge in [-0.25, -0.2) is 4.79 Å². The molecule has 1 N–H and O–H groups in total. The topological polar surface area (TPSA) is 59.4 Å². The number of hydrogen-bond acceptors (Lipinski definition) is 3. The van der Waals surface area contributed by atoms with E-state index in [-0.39, 0.29) is 12.2 Å². The molecule has 3 aromatic rings. The highest BCUT2D eigenvalue weighted by atomic mass is 16.5. The molecule has 104 valence electrons. The molecule has 0 aliphatic carbocycles. The zero-order valence-corrected chi connectivity index (χ0v) is 11.2. The molecule has 2 aromatic carbocycles. The lowest BCUT2D eigenvalue weighted by molar-refractivity contribution is 0.0692. The first-order valence-electron chi connectivity index (χ1n) is 6.53. The maximum absolute atomic E-state index is 11.4. The molecule has 1 heterocycles. The Morgan fingerprint density at radius 2 is 1.86 bits per heavy atom. The number of aromatic nitrogens is 1. The Morgan fingerprint density at radius 3 is 2.62 bits per heavy atom. The van der Waals surface area contributed by atoms with Gasteiger partial charge in [0.2, 0.25) is 0 Å². The van der Waals surface area contributed by atoms with Crippen LogP contribution in [0.5, 0.6) is 5.75 Å². The van der Waals surface area contributed by atoms with E-state index in [4.69, 9.17) is 4.74 Å². The standard InChI is InChI=1S/C17H13NO3/c19-17(20)15-9-8-12-5-1-2-7-14(12)16(15)21-11-13-6-3-4-10-18-13/h1-10H,11H2,(H,19,20). The van der Waals surface area contributed by atoms with E-state index in [0.717, 1.165) is 16.5 Å². The number of aromatic carboxylic acids is 1. The van der Waals surface area contributed by atoms with Gasteiger partial charge in [-0.1, -0.05) is 36.4 Å². The van der Waals surface area contributed by atoms with Crippen LogP contribution in [0.3, 0.4) is 0 Å². The van der Waals surface area contributed by atoms with Crippen LogP contribution in [0.2, 0.25) is 0 Å². The molecular formula is C17H13NO3. The van der Waals surface area contributed by atoms with Crippen molar-refractivity contribution in [2.45, 2.75) is 6.61 Å². The fourth-order valence-corrected chi connectivity index (χ4v) is 2.20. The van der Waals surface area contributed by atoms with Crippen LogP contribution in [-0.2, 0) is 6.61 Å². The van der Waals surface area contributed by atoms with Crippen molar-refractivity contribution < 1.29 is 14.6 Å². The summed E-state index contributed by atoms with van der Waals surface area (Å²) < 4.78 is 5.75. The largest absolute Gasteiger partial charge is 0.486 e. The van der Waals surface area contributed by atoms with Crippen molar-refractivity contribution in [3.63, 3.8) is 0 Å². The van der Waals surface area contributed by atoms with Gasteiger partial charge in [-0.3, -0.25) is 4.98 Å². The summed E-state index contributed by atoms with van der Waals surface area (Å²) in [4.78, 5) is 15.6. The molecule has 0 spiro atoms. The van der Waals surface area contributed by atoms with Crippen LogP contribution in [0.4, 0.5) is 0 Å². The predicted octanol–water partition coefficient (Wildman–Crippen LogP) is 3.51. The Bertz CT molecular complexity index is 784. The number of carboxylic acid groups (broad SMARTS) is 1. The lowest BCUT2D eigenvalue weighted by Crippen LogP contribution is -2.04. The third kappa shape index (κ3) is 2.69. The second kappa shape index (κ2) is 5.63. The molecule has 0 amide bonds. The average Bonchev–Trinajstić information content (AvgIpc) is 2.53. The van der Waals surface area contributed by atoms with Gasteiger partial charge in [0.25, 0.3) is 0 Å². The number of hydrogen-bond donors (Lipinski definition) is 1. The van der Waals surface area contributed by atoms with Gasteiger partial charge < -0.3 is 9.84 Å². The summed E-state index contributed by atoms with van der Waals surface area (Å²) in [5.41, 5.74) is 0.909. The Labute approximate surface area is 121 Å². The summed E-state index contributed by atoms with van der Waals surface area (Å²) in [5, 5.41) is 11.1. The van der Waals surface area contributed by atoms with Crippen molar-refractivity contribution in [2.75, 3.05) is 0 Å². The minimum Gasteiger partial charge on any atom is -0.486 e. The number of nitrogens with zero attached hydrogens (tertiary/aromatic N) is 1. The van der Waals surface area contributed by atoms with Crippen molar-refractivity contribution >= 4 is 16.7 Å². The monoisotopic (exact) mass is 279 g/mol. The molecule has 4 nitrogen and oxygen atoms in total. The number of pyridine rings is 1. The number of carbonyl (C=O) groups is 1. The van der Waals surface area contributed by atoms with Crippen LogP contribution in [0.1, 0.15) is 16.1 Å². The Hall–Kier alpha value is -2.88. The van der Waals surface area contributed by atoms with Gasteiger partial charge in [-0.15, -0.1) is 0 Å². The minimum absolute atomic E-state index is 0.157. The molecule has 0 aliphatic heterocycles. The van der Waals surface area contributed by atoms with Crippen molar-refractivity contribution in [2.24, 2.45) is 0 Å². The van der Waals surface area contributed by atoms with E-state index in [1.807, 2.05) is 42.5 Å². The molecule has 0 radical (unpaired) electrons. The number of rotatable bonds is 4. The quantitative estimate of drug-likeness (QED) is 0.794. The number of benzene rings is 2. The van der Waals surface area contributed by atoms with Gasteiger partial charge in [-0.05, 0) is 23.6 Å². The van der Waals surface area contributed by atoms with Crippen molar-refractivity contribution in [3.8, 4) is 5.75 Å². The molecule has 0 saturated heterocycles. The van der Waals surface area contributed by atoms with Crippen LogP contribution >= 0.6 is 0 Å². The van der Waals surface area contributed by atoms with E-state index in [1.54, 1.807) is 18.3 Å². The lowest BCUT2D eigenvalue weighted by Gasteiger charge is -2.12. The second-order valence-electron chi connectivity index (χ2n) is 4.58. The van der Waals surface area contributed by atoms with E-state index < -0.39 is 5.97 Å². The fourth-order valence-electron chi connectivity index (χ4n) is 2.20. The van der Waals surface area contributed by atoms with Gasteiger partial charge in [0, 0.05) is 11.6 Å². The molecule has 0 aliphatic rings. The van der Waals surface area contributed by atoms with Crippen LogP contribution in [0, 0.1) is 0 Å². The summed E-state index contributed by atoms with van der Waals surface area (Å²) in [6.07, 6.45) is 1.68. The first-order valence-corrected chi connectivity index (χ1v) is 6.53. The number of ether oxygens (including phenoxy) is 1. The predicted molar refractivity (Wildman–Crippen MR) is 79.5 cm³/mol. The van der Waals surface area contributed by atoms with Gasteiger partial charge in [0.05, 0.1) is 5.69 Å². The maximum atomic E-state index is 11.4.